The minimum absolute atomic E-state index is 0.187. The summed E-state index contributed by atoms with van der Waals surface area (Å²) in [5, 5.41) is 14.5. The lowest BCUT2D eigenvalue weighted by molar-refractivity contribution is -0.144. The summed E-state index contributed by atoms with van der Waals surface area (Å²) in [6.45, 7) is 7.20. The number of amides is 2. The SMILES string of the molecule is CCC(C)C(NC(=O)C(NC(=O)C(N)CCSC)C(C)C)C(=O)O. The Bertz CT molecular complexity index is 432. The Hall–Kier alpha value is -1.28. The molecule has 7 nitrogen and oxygen atoms in total. The van der Waals surface area contributed by atoms with Gasteiger partial charge in [-0.15, -0.1) is 0 Å². The molecule has 0 aliphatic carbocycles. The number of hydrogen-bond donors (Lipinski definition) is 4. The highest BCUT2D eigenvalue weighted by molar-refractivity contribution is 7.98. The molecule has 0 radical (unpaired) electrons. The van der Waals surface area contributed by atoms with Crippen molar-refractivity contribution >= 4 is 29.5 Å². The summed E-state index contributed by atoms with van der Waals surface area (Å²) in [6, 6.07) is -2.48. The molecule has 140 valence electrons. The van der Waals surface area contributed by atoms with Crippen LogP contribution < -0.4 is 16.4 Å². The van der Waals surface area contributed by atoms with E-state index < -0.39 is 35.9 Å². The minimum atomic E-state index is -1.08. The van der Waals surface area contributed by atoms with Gasteiger partial charge in [0, 0.05) is 0 Å². The molecule has 5 N–H and O–H groups in total. The molecule has 2 amide bonds. The third-order valence-corrected chi connectivity index (χ3v) is 4.64. The van der Waals surface area contributed by atoms with Gasteiger partial charge in [-0.05, 0) is 30.3 Å². The van der Waals surface area contributed by atoms with Crippen LogP contribution in [-0.2, 0) is 14.4 Å². The molecule has 0 rings (SSSR count). The van der Waals surface area contributed by atoms with Crippen molar-refractivity contribution in [3.05, 3.63) is 0 Å². The van der Waals surface area contributed by atoms with Crippen LogP contribution in [0.5, 0.6) is 0 Å². The zero-order valence-corrected chi connectivity index (χ0v) is 16.0. The van der Waals surface area contributed by atoms with Crippen LogP contribution in [0.15, 0.2) is 0 Å². The van der Waals surface area contributed by atoms with Gasteiger partial charge in [0.2, 0.25) is 11.8 Å². The number of carbonyl (C=O) groups is 3. The van der Waals surface area contributed by atoms with E-state index in [0.29, 0.717) is 12.8 Å². The Balaban J connectivity index is 4.94. The minimum Gasteiger partial charge on any atom is -0.480 e. The first-order chi connectivity index (χ1) is 11.1. The van der Waals surface area contributed by atoms with Crippen molar-refractivity contribution in [3.8, 4) is 0 Å². The monoisotopic (exact) mass is 361 g/mol. The van der Waals surface area contributed by atoms with Crippen molar-refractivity contribution in [1.29, 1.82) is 0 Å². The van der Waals surface area contributed by atoms with E-state index >= 15 is 0 Å². The number of thioether (sulfide) groups is 1. The lowest BCUT2D eigenvalue weighted by Crippen LogP contribution is -2.57. The smallest absolute Gasteiger partial charge is 0.326 e. The summed E-state index contributed by atoms with van der Waals surface area (Å²) in [6.07, 6.45) is 3.06. The first kappa shape index (κ1) is 22.7. The van der Waals surface area contributed by atoms with E-state index in [1.165, 1.54) is 0 Å². The molecule has 0 aromatic heterocycles. The van der Waals surface area contributed by atoms with Gasteiger partial charge in [-0.25, -0.2) is 4.79 Å². The number of carbonyl (C=O) groups excluding carboxylic acids is 2. The Morgan fingerprint density at radius 3 is 2.04 bits per heavy atom. The fraction of sp³-hybridized carbons (Fsp3) is 0.812. The normalized spacial score (nSPS) is 16.1. The first-order valence-corrected chi connectivity index (χ1v) is 9.63. The second-order valence-electron chi connectivity index (χ2n) is 6.33. The summed E-state index contributed by atoms with van der Waals surface area (Å²) < 4.78 is 0. The highest BCUT2D eigenvalue weighted by Crippen LogP contribution is 2.10. The van der Waals surface area contributed by atoms with Crippen LogP contribution in [0.2, 0.25) is 0 Å². The molecule has 0 saturated heterocycles. The van der Waals surface area contributed by atoms with Crippen molar-refractivity contribution in [3.63, 3.8) is 0 Å². The molecule has 4 atom stereocenters. The Kier molecular flexibility index (Phi) is 10.7. The molecule has 0 heterocycles. The van der Waals surface area contributed by atoms with Gasteiger partial charge in [-0.1, -0.05) is 34.1 Å². The first-order valence-electron chi connectivity index (χ1n) is 8.23. The second kappa shape index (κ2) is 11.3. The van der Waals surface area contributed by atoms with Gasteiger partial charge < -0.3 is 21.5 Å². The van der Waals surface area contributed by atoms with Crippen LogP contribution in [-0.4, -0.2) is 53.0 Å². The average molecular weight is 362 g/mol. The van der Waals surface area contributed by atoms with Crippen LogP contribution in [0.4, 0.5) is 0 Å². The second-order valence-corrected chi connectivity index (χ2v) is 7.31. The van der Waals surface area contributed by atoms with Gasteiger partial charge in [-0.2, -0.15) is 11.8 Å². The van der Waals surface area contributed by atoms with Gasteiger partial charge >= 0.3 is 5.97 Å². The summed E-state index contributed by atoms with van der Waals surface area (Å²) in [7, 11) is 0. The van der Waals surface area contributed by atoms with Gasteiger partial charge in [0.05, 0.1) is 6.04 Å². The molecule has 0 saturated carbocycles. The van der Waals surface area contributed by atoms with Crippen LogP contribution in [0.1, 0.15) is 40.5 Å². The molecule has 0 aromatic carbocycles. The predicted octanol–water partition coefficient (Wildman–Crippen LogP) is 0.823. The van der Waals surface area contributed by atoms with Gasteiger partial charge in [0.1, 0.15) is 12.1 Å². The van der Waals surface area contributed by atoms with E-state index in [9.17, 15) is 19.5 Å². The number of carboxylic acid groups (broad SMARTS) is 1. The molecule has 24 heavy (non-hydrogen) atoms. The number of rotatable bonds is 11. The molecule has 0 fully saturated rings. The van der Waals surface area contributed by atoms with Crippen LogP contribution in [0, 0.1) is 11.8 Å². The molecular formula is C16H31N3O4S. The average Bonchev–Trinajstić information content (AvgIpc) is 2.53. The van der Waals surface area contributed by atoms with Gasteiger partial charge in [0.25, 0.3) is 0 Å². The number of carboxylic acids is 1. The van der Waals surface area contributed by atoms with Crippen LogP contribution in [0.25, 0.3) is 0 Å². The van der Waals surface area contributed by atoms with Gasteiger partial charge in [0.15, 0.2) is 0 Å². The van der Waals surface area contributed by atoms with Crippen molar-refractivity contribution < 1.29 is 19.5 Å². The summed E-state index contributed by atoms with van der Waals surface area (Å²) in [4.78, 5) is 35.9. The van der Waals surface area contributed by atoms with Crippen LogP contribution in [0.3, 0.4) is 0 Å². The van der Waals surface area contributed by atoms with Crippen LogP contribution >= 0.6 is 11.8 Å². The summed E-state index contributed by atoms with van der Waals surface area (Å²) in [5.74, 6) is -1.62. The molecule has 4 unspecified atom stereocenters. The standard InChI is InChI=1S/C16H31N3O4S/c1-6-10(4)13(16(22)23)19-15(21)12(9(2)3)18-14(20)11(17)7-8-24-5/h9-13H,6-8,17H2,1-5H3,(H,18,20)(H,19,21)(H,22,23). The Morgan fingerprint density at radius 1 is 1.08 bits per heavy atom. The maximum atomic E-state index is 12.5. The van der Waals surface area contributed by atoms with E-state index in [1.54, 1.807) is 32.5 Å². The maximum absolute atomic E-state index is 12.5. The van der Waals surface area contributed by atoms with Gasteiger partial charge in [-0.3, -0.25) is 9.59 Å². The van der Waals surface area contributed by atoms with E-state index in [2.05, 4.69) is 10.6 Å². The molecule has 8 heteroatoms. The quantitative estimate of drug-likeness (QED) is 0.432. The molecule has 0 aromatic rings. The fourth-order valence-corrected chi connectivity index (χ4v) is 2.59. The fourth-order valence-electron chi connectivity index (χ4n) is 2.10. The number of nitrogens with two attached hydrogens (primary N) is 1. The predicted molar refractivity (Wildman–Crippen MR) is 96.8 cm³/mol. The van der Waals surface area contributed by atoms with E-state index in [0.717, 1.165) is 5.75 Å². The van der Waals surface area contributed by atoms with E-state index in [-0.39, 0.29) is 11.8 Å². The largest absolute Gasteiger partial charge is 0.480 e. The summed E-state index contributed by atoms with van der Waals surface area (Å²) in [5.41, 5.74) is 5.82. The third-order valence-electron chi connectivity index (χ3n) is 3.99. The molecule has 0 aliphatic heterocycles. The summed E-state index contributed by atoms with van der Waals surface area (Å²) >= 11 is 1.59. The lowest BCUT2D eigenvalue weighted by Gasteiger charge is -2.27. The van der Waals surface area contributed by atoms with Crippen molar-refractivity contribution in [2.75, 3.05) is 12.0 Å². The number of hydrogen-bond acceptors (Lipinski definition) is 5. The van der Waals surface area contributed by atoms with E-state index in [4.69, 9.17) is 5.73 Å². The zero-order valence-electron chi connectivity index (χ0n) is 15.2. The third kappa shape index (κ3) is 7.53. The molecule has 0 bridgehead atoms. The van der Waals surface area contributed by atoms with Crippen molar-refractivity contribution in [1.82, 2.24) is 10.6 Å². The van der Waals surface area contributed by atoms with E-state index in [1.807, 2.05) is 13.2 Å². The Labute approximate surface area is 148 Å². The highest BCUT2D eigenvalue weighted by Gasteiger charge is 2.31. The van der Waals surface area contributed by atoms with Crippen molar-refractivity contribution in [2.45, 2.75) is 58.7 Å². The van der Waals surface area contributed by atoms with Crippen molar-refractivity contribution in [2.24, 2.45) is 17.6 Å². The lowest BCUT2D eigenvalue weighted by atomic mass is 9.97. The topological polar surface area (TPSA) is 122 Å². The number of aliphatic carboxylic acids is 1. The molecular weight excluding hydrogens is 330 g/mol. The molecule has 0 aliphatic rings. The zero-order chi connectivity index (χ0) is 18.9. The molecule has 0 spiro atoms. The maximum Gasteiger partial charge on any atom is 0.326 e. The number of nitrogens with one attached hydrogen (secondary N) is 2. The highest BCUT2D eigenvalue weighted by atomic mass is 32.2. The Morgan fingerprint density at radius 2 is 1.62 bits per heavy atom.